The van der Waals surface area contributed by atoms with E-state index in [1.165, 1.54) is 5.56 Å². The lowest BCUT2D eigenvalue weighted by Gasteiger charge is -2.20. The van der Waals surface area contributed by atoms with Gasteiger partial charge < -0.3 is 15.2 Å². The summed E-state index contributed by atoms with van der Waals surface area (Å²) in [6.45, 7) is 6.79. The fourth-order valence-corrected chi connectivity index (χ4v) is 4.12. The standard InChI is InChI=1S/C31H31NO4/c1-31(2,3)24-16-13-22(14-17-24)20-36-28-25-12-8-7-11-23(25)15-18-26(28)29(33)32-27(30(34)35)19-21-9-5-4-6-10-21/h4-18,27H,19-20H2,1-3H3,(H,32,33)(H,34,35)/t27-/m0/s1. The number of carboxylic acid groups (broad SMARTS) is 1. The van der Waals surface area contributed by atoms with Crippen LogP contribution in [0.15, 0.2) is 91.0 Å². The average Bonchev–Trinajstić information content (AvgIpc) is 2.87. The number of fused-ring (bicyclic) bond motifs is 1. The molecule has 0 radical (unpaired) electrons. The number of carboxylic acids is 1. The zero-order valence-electron chi connectivity index (χ0n) is 20.8. The molecular weight excluding hydrogens is 450 g/mol. The van der Waals surface area contributed by atoms with Crippen molar-refractivity contribution in [3.8, 4) is 5.75 Å². The topological polar surface area (TPSA) is 75.6 Å². The average molecular weight is 482 g/mol. The van der Waals surface area contributed by atoms with E-state index in [1.54, 1.807) is 6.07 Å². The van der Waals surface area contributed by atoms with Crippen LogP contribution in [0.4, 0.5) is 0 Å². The van der Waals surface area contributed by atoms with E-state index >= 15 is 0 Å². The summed E-state index contributed by atoms with van der Waals surface area (Å²) in [4.78, 5) is 25.3. The summed E-state index contributed by atoms with van der Waals surface area (Å²) in [5.41, 5.74) is 3.41. The van der Waals surface area contributed by atoms with Gasteiger partial charge in [-0.25, -0.2) is 4.79 Å². The molecule has 0 unspecified atom stereocenters. The Hall–Kier alpha value is -4.12. The maximum absolute atomic E-state index is 13.3. The van der Waals surface area contributed by atoms with Gasteiger partial charge in [0.15, 0.2) is 0 Å². The summed E-state index contributed by atoms with van der Waals surface area (Å²) in [5, 5.41) is 14.2. The highest BCUT2D eigenvalue weighted by Crippen LogP contribution is 2.31. The number of rotatable bonds is 8. The Labute approximate surface area is 211 Å². The molecule has 0 aliphatic rings. The minimum absolute atomic E-state index is 0.0563. The molecule has 0 spiro atoms. The van der Waals surface area contributed by atoms with Crippen LogP contribution in [0.2, 0.25) is 0 Å². The Morgan fingerprint density at radius 3 is 2.17 bits per heavy atom. The summed E-state index contributed by atoms with van der Waals surface area (Å²) < 4.78 is 6.24. The quantitative estimate of drug-likeness (QED) is 0.317. The van der Waals surface area contributed by atoms with Crippen molar-refractivity contribution < 1.29 is 19.4 Å². The number of nitrogens with one attached hydrogen (secondary N) is 1. The maximum atomic E-state index is 13.3. The summed E-state index contributed by atoms with van der Waals surface area (Å²) in [7, 11) is 0. The maximum Gasteiger partial charge on any atom is 0.326 e. The largest absolute Gasteiger partial charge is 0.487 e. The van der Waals surface area contributed by atoms with Crippen molar-refractivity contribution in [1.82, 2.24) is 5.32 Å². The van der Waals surface area contributed by atoms with Crippen LogP contribution >= 0.6 is 0 Å². The lowest BCUT2D eigenvalue weighted by atomic mass is 9.87. The normalized spacial score (nSPS) is 12.2. The third-order valence-corrected chi connectivity index (χ3v) is 6.21. The van der Waals surface area contributed by atoms with E-state index in [-0.39, 0.29) is 18.4 Å². The Kier molecular flexibility index (Phi) is 7.39. The molecule has 0 aromatic heterocycles. The van der Waals surface area contributed by atoms with Crippen molar-refractivity contribution in [3.05, 3.63) is 113 Å². The molecule has 0 heterocycles. The smallest absolute Gasteiger partial charge is 0.326 e. The first-order valence-corrected chi connectivity index (χ1v) is 12.0. The molecule has 2 N–H and O–H groups in total. The van der Waals surface area contributed by atoms with Crippen LogP contribution in [-0.4, -0.2) is 23.0 Å². The molecular formula is C31H31NO4. The zero-order chi connectivity index (χ0) is 25.7. The predicted octanol–water partition coefficient (Wildman–Crippen LogP) is 6.14. The fourth-order valence-electron chi connectivity index (χ4n) is 4.12. The van der Waals surface area contributed by atoms with Crippen molar-refractivity contribution in [1.29, 1.82) is 0 Å². The van der Waals surface area contributed by atoms with Crippen LogP contribution in [0.1, 0.15) is 47.8 Å². The van der Waals surface area contributed by atoms with Crippen LogP contribution in [0.3, 0.4) is 0 Å². The second-order valence-electron chi connectivity index (χ2n) is 9.95. The van der Waals surface area contributed by atoms with Gasteiger partial charge in [-0.3, -0.25) is 4.79 Å². The molecule has 0 aliphatic carbocycles. The number of aliphatic carboxylic acids is 1. The van der Waals surface area contributed by atoms with Crippen molar-refractivity contribution in [2.24, 2.45) is 0 Å². The van der Waals surface area contributed by atoms with Gasteiger partial charge in [0.05, 0.1) is 5.56 Å². The number of hydrogen-bond donors (Lipinski definition) is 2. The molecule has 36 heavy (non-hydrogen) atoms. The van der Waals surface area contributed by atoms with E-state index in [9.17, 15) is 14.7 Å². The SMILES string of the molecule is CC(C)(C)c1ccc(COc2c(C(=O)N[C@@H](Cc3ccccc3)C(=O)O)ccc3ccccc23)cc1. The number of benzene rings is 4. The monoisotopic (exact) mass is 481 g/mol. The van der Waals surface area contributed by atoms with Crippen molar-refractivity contribution in [3.63, 3.8) is 0 Å². The van der Waals surface area contributed by atoms with Crippen molar-refractivity contribution in [2.45, 2.75) is 45.3 Å². The first-order chi connectivity index (χ1) is 17.2. The van der Waals surface area contributed by atoms with Crippen LogP contribution in [0.5, 0.6) is 5.75 Å². The van der Waals surface area contributed by atoms with E-state index in [2.05, 4.69) is 38.2 Å². The Bertz CT molecular complexity index is 1360. The Morgan fingerprint density at radius 1 is 0.833 bits per heavy atom. The first-order valence-electron chi connectivity index (χ1n) is 12.0. The first kappa shape index (κ1) is 25.0. The molecule has 5 nitrogen and oxygen atoms in total. The van der Waals surface area contributed by atoms with E-state index in [0.29, 0.717) is 11.3 Å². The second kappa shape index (κ2) is 10.6. The van der Waals surface area contributed by atoms with E-state index in [0.717, 1.165) is 21.9 Å². The van der Waals surface area contributed by atoms with Crippen LogP contribution in [0, 0.1) is 0 Å². The summed E-state index contributed by atoms with van der Waals surface area (Å²) in [6.07, 6.45) is 0.186. The van der Waals surface area contributed by atoms with Gasteiger partial charge in [0, 0.05) is 11.8 Å². The van der Waals surface area contributed by atoms with Crippen molar-refractivity contribution in [2.75, 3.05) is 0 Å². The predicted molar refractivity (Wildman–Crippen MR) is 142 cm³/mol. The molecule has 0 saturated carbocycles. The van der Waals surface area contributed by atoms with Crippen LogP contribution in [0.25, 0.3) is 10.8 Å². The number of carbonyl (C=O) groups excluding carboxylic acids is 1. The van der Waals surface area contributed by atoms with Gasteiger partial charge in [-0.05, 0) is 33.6 Å². The molecule has 0 fully saturated rings. The molecule has 1 atom stereocenters. The third kappa shape index (κ3) is 5.92. The highest BCUT2D eigenvalue weighted by atomic mass is 16.5. The molecule has 0 bridgehead atoms. The fraction of sp³-hybridized carbons (Fsp3) is 0.226. The third-order valence-electron chi connectivity index (χ3n) is 6.21. The molecule has 184 valence electrons. The number of amides is 1. The van der Waals surface area contributed by atoms with E-state index in [1.807, 2.05) is 72.8 Å². The number of ether oxygens (including phenoxy) is 1. The number of hydrogen-bond acceptors (Lipinski definition) is 3. The van der Waals surface area contributed by atoms with E-state index < -0.39 is 17.9 Å². The molecule has 4 rings (SSSR count). The lowest BCUT2D eigenvalue weighted by molar-refractivity contribution is -0.139. The summed E-state index contributed by atoms with van der Waals surface area (Å²) in [5.74, 6) is -1.13. The molecule has 4 aromatic carbocycles. The van der Waals surface area contributed by atoms with Gasteiger partial charge in [-0.15, -0.1) is 0 Å². The van der Waals surface area contributed by atoms with Gasteiger partial charge in [0.2, 0.25) is 0 Å². The second-order valence-corrected chi connectivity index (χ2v) is 9.95. The molecule has 5 heteroatoms. The molecule has 4 aromatic rings. The van der Waals surface area contributed by atoms with Gasteiger partial charge in [0.1, 0.15) is 18.4 Å². The van der Waals surface area contributed by atoms with Gasteiger partial charge in [-0.2, -0.15) is 0 Å². The van der Waals surface area contributed by atoms with Gasteiger partial charge in [-0.1, -0.05) is 106 Å². The van der Waals surface area contributed by atoms with Crippen LogP contribution < -0.4 is 10.1 Å². The highest BCUT2D eigenvalue weighted by molar-refractivity contribution is 6.04. The molecule has 0 aliphatic heterocycles. The van der Waals surface area contributed by atoms with Gasteiger partial charge in [0.25, 0.3) is 5.91 Å². The minimum Gasteiger partial charge on any atom is -0.487 e. The Morgan fingerprint density at radius 2 is 1.50 bits per heavy atom. The summed E-state index contributed by atoms with van der Waals surface area (Å²) >= 11 is 0. The lowest BCUT2D eigenvalue weighted by Crippen LogP contribution is -2.42. The highest BCUT2D eigenvalue weighted by Gasteiger charge is 2.24. The zero-order valence-corrected chi connectivity index (χ0v) is 20.8. The van der Waals surface area contributed by atoms with E-state index in [4.69, 9.17) is 4.74 Å². The Balaban J connectivity index is 1.60. The number of carbonyl (C=O) groups is 2. The van der Waals surface area contributed by atoms with Crippen LogP contribution in [-0.2, 0) is 23.2 Å². The minimum atomic E-state index is -1.09. The summed E-state index contributed by atoms with van der Waals surface area (Å²) in [6, 6.07) is 27.7. The van der Waals surface area contributed by atoms with Crippen molar-refractivity contribution >= 4 is 22.6 Å². The molecule has 0 saturated heterocycles. The molecule has 1 amide bonds. The van der Waals surface area contributed by atoms with Gasteiger partial charge >= 0.3 is 5.97 Å².